The number of ether oxygens (including phenoxy) is 4. The van der Waals surface area contributed by atoms with Crippen LogP contribution in [0.3, 0.4) is 0 Å². The molecule has 0 radical (unpaired) electrons. The maximum absolute atomic E-state index is 12.6. The van der Waals surface area contributed by atoms with Gasteiger partial charge < -0.3 is 24.3 Å². The number of hydrazone groups is 1. The van der Waals surface area contributed by atoms with E-state index in [-0.39, 0.29) is 35.7 Å². The van der Waals surface area contributed by atoms with Crippen molar-refractivity contribution < 1.29 is 38.3 Å². The van der Waals surface area contributed by atoms with E-state index >= 15 is 0 Å². The number of rotatable bonds is 13. The van der Waals surface area contributed by atoms with Gasteiger partial charge in [0.05, 0.1) is 38.0 Å². The predicted octanol–water partition coefficient (Wildman–Crippen LogP) is 3.50. The van der Waals surface area contributed by atoms with Gasteiger partial charge in [-0.05, 0) is 60.5 Å². The molecule has 0 heterocycles. The maximum atomic E-state index is 12.6. The molecule has 3 aromatic rings. The molecule has 0 saturated heterocycles. The first-order valence-corrected chi connectivity index (χ1v) is 12.2. The molecular formula is C28H28N4O9. The van der Waals surface area contributed by atoms with Crippen LogP contribution in [-0.2, 0) is 4.79 Å². The molecule has 0 aliphatic heterocycles. The highest BCUT2D eigenvalue weighted by Crippen LogP contribution is 2.38. The lowest BCUT2D eigenvalue weighted by Crippen LogP contribution is -2.26. The third kappa shape index (κ3) is 8.51. The smallest absolute Gasteiger partial charge is 0.343 e. The van der Waals surface area contributed by atoms with Gasteiger partial charge in [0.1, 0.15) is 5.75 Å². The third-order valence-corrected chi connectivity index (χ3v) is 5.60. The molecule has 3 rings (SSSR count). The Morgan fingerprint density at radius 1 is 0.902 bits per heavy atom. The van der Waals surface area contributed by atoms with Crippen molar-refractivity contribution in [3.05, 3.63) is 87.5 Å². The van der Waals surface area contributed by atoms with E-state index in [0.717, 1.165) is 0 Å². The van der Waals surface area contributed by atoms with Crippen molar-refractivity contribution in [1.29, 1.82) is 0 Å². The molecule has 13 nitrogen and oxygen atoms in total. The molecule has 214 valence electrons. The summed E-state index contributed by atoms with van der Waals surface area (Å²) in [5.74, 6) is -0.0761. The van der Waals surface area contributed by atoms with Gasteiger partial charge in [-0.2, -0.15) is 5.10 Å². The normalized spacial score (nSPS) is 10.5. The quantitative estimate of drug-likeness (QED) is 0.0788. The topological polar surface area (TPSA) is 168 Å². The Morgan fingerprint density at radius 2 is 1.54 bits per heavy atom. The minimum atomic E-state index is -0.623. The lowest BCUT2D eigenvalue weighted by Gasteiger charge is -2.13. The highest BCUT2D eigenvalue weighted by atomic mass is 16.6. The molecule has 0 unspecified atom stereocenters. The van der Waals surface area contributed by atoms with Gasteiger partial charge in [0.25, 0.3) is 11.6 Å². The number of hydrogen-bond donors (Lipinski definition) is 2. The van der Waals surface area contributed by atoms with Gasteiger partial charge in [0.2, 0.25) is 11.7 Å². The summed E-state index contributed by atoms with van der Waals surface area (Å²) >= 11 is 0. The zero-order valence-corrected chi connectivity index (χ0v) is 22.5. The second-order valence-electron chi connectivity index (χ2n) is 8.33. The fourth-order valence-electron chi connectivity index (χ4n) is 3.51. The first-order chi connectivity index (χ1) is 19.7. The van der Waals surface area contributed by atoms with Gasteiger partial charge in [-0.1, -0.05) is 0 Å². The first-order valence-electron chi connectivity index (χ1n) is 12.2. The number of nitro groups is 1. The summed E-state index contributed by atoms with van der Waals surface area (Å²) in [6, 6.07) is 14.7. The molecule has 0 aromatic heterocycles. The Bertz CT molecular complexity index is 1400. The summed E-state index contributed by atoms with van der Waals surface area (Å²) in [6.45, 7) is 0.239. The van der Waals surface area contributed by atoms with Crippen LogP contribution in [0.2, 0.25) is 0 Å². The molecule has 0 spiro atoms. The molecule has 0 aliphatic rings. The van der Waals surface area contributed by atoms with Gasteiger partial charge in [0, 0.05) is 30.7 Å². The van der Waals surface area contributed by atoms with E-state index in [9.17, 15) is 24.5 Å². The lowest BCUT2D eigenvalue weighted by molar-refractivity contribution is -0.384. The number of carbonyl (C=O) groups is 3. The molecular weight excluding hydrogens is 536 g/mol. The Hall–Kier alpha value is -5.46. The maximum Gasteiger partial charge on any atom is 0.343 e. The highest BCUT2D eigenvalue weighted by molar-refractivity contribution is 5.94. The number of carbonyl (C=O) groups excluding carboxylic acids is 3. The van der Waals surface area contributed by atoms with Crippen LogP contribution in [0.4, 0.5) is 5.69 Å². The fraction of sp³-hybridized carbons (Fsp3) is 0.214. The number of esters is 1. The predicted molar refractivity (Wildman–Crippen MR) is 148 cm³/mol. The van der Waals surface area contributed by atoms with Crippen LogP contribution in [-0.4, -0.2) is 56.8 Å². The largest absolute Gasteiger partial charge is 0.493 e. The highest BCUT2D eigenvalue weighted by Gasteiger charge is 2.18. The Labute approximate surface area is 235 Å². The van der Waals surface area contributed by atoms with E-state index in [1.165, 1.54) is 63.9 Å². The zero-order valence-electron chi connectivity index (χ0n) is 22.5. The molecule has 2 amide bonds. The van der Waals surface area contributed by atoms with Gasteiger partial charge in [-0.3, -0.25) is 19.7 Å². The number of hydrogen-bond acceptors (Lipinski definition) is 10. The lowest BCUT2D eigenvalue weighted by atomic mass is 10.2. The molecule has 41 heavy (non-hydrogen) atoms. The Balaban J connectivity index is 1.42. The summed E-state index contributed by atoms with van der Waals surface area (Å²) in [5, 5.41) is 17.2. The summed E-state index contributed by atoms with van der Waals surface area (Å²) in [5.41, 5.74) is 3.43. The summed E-state index contributed by atoms with van der Waals surface area (Å²) in [4.78, 5) is 46.9. The van der Waals surface area contributed by atoms with E-state index in [1.54, 1.807) is 24.3 Å². The van der Waals surface area contributed by atoms with Crippen molar-refractivity contribution in [3.63, 3.8) is 0 Å². The van der Waals surface area contributed by atoms with Gasteiger partial charge in [-0.25, -0.2) is 10.2 Å². The van der Waals surface area contributed by atoms with Crippen molar-refractivity contribution in [3.8, 4) is 23.0 Å². The van der Waals surface area contributed by atoms with Crippen LogP contribution in [0.5, 0.6) is 23.0 Å². The SMILES string of the molecule is COc1cc(C(=O)Oc2ccc(C=NNC(=O)CCCNC(=O)c3ccc([N+](=O)[O-])cc3)cc2)cc(OC)c1OC. The number of nitro benzene ring substituents is 1. The van der Waals surface area contributed by atoms with Crippen LogP contribution >= 0.6 is 0 Å². The first kappa shape index (κ1) is 30.1. The monoisotopic (exact) mass is 564 g/mol. The van der Waals surface area contributed by atoms with Crippen molar-refractivity contribution in [2.45, 2.75) is 12.8 Å². The van der Waals surface area contributed by atoms with Crippen LogP contribution in [0, 0.1) is 10.1 Å². The Kier molecular flexibility index (Phi) is 10.7. The van der Waals surface area contributed by atoms with Crippen molar-refractivity contribution in [2.24, 2.45) is 5.10 Å². The molecule has 0 bridgehead atoms. The van der Waals surface area contributed by atoms with Crippen LogP contribution in [0.25, 0.3) is 0 Å². The van der Waals surface area contributed by atoms with E-state index in [1.807, 2.05) is 0 Å². The average Bonchev–Trinajstić information content (AvgIpc) is 2.99. The molecule has 0 fully saturated rings. The van der Waals surface area contributed by atoms with Crippen molar-refractivity contribution >= 4 is 29.7 Å². The van der Waals surface area contributed by atoms with Gasteiger partial charge in [-0.15, -0.1) is 0 Å². The van der Waals surface area contributed by atoms with Crippen LogP contribution in [0.15, 0.2) is 65.8 Å². The van der Waals surface area contributed by atoms with E-state index in [4.69, 9.17) is 18.9 Å². The fourth-order valence-corrected chi connectivity index (χ4v) is 3.51. The third-order valence-electron chi connectivity index (χ3n) is 5.60. The standard InChI is InChI=1S/C28H28N4O9/c1-38-23-15-20(16-24(39-2)26(23)40-3)28(35)41-22-12-6-18(7-13-22)17-30-31-25(33)5-4-14-29-27(34)19-8-10-21(11-9-19)32(36)37/h6-13,15-17H,4-5,14H2,1-3H3,(H,29,34)(H,31,33). The number of benzene rings is 3. The molecule has 3 aromatic carbocycles. The average molecular weight is 565 g/mol. The molecule has 13 heteroatoms. The zero-order chi connectivity index (χ0) is 29.8. The second kappa shape index (κ2) is 14.6. The van der Waals surface area contributed by atoms with E-state index in [2.05, 4.69) is 15.8 Å². The summed E-state index contributed by atoms with van der Waals surface area (Å²) in [6.07, 6.45) is 1.92. The molecule has 2 N–H and O–H groups in total. The summed E-state index contributed by atoms with van der Waals surface area (Å²) in [7, 11) is 4.35. The van der Waals surface area contributed by atoms with Gasteiger partial charge >= 0.3 is 5.97 Å². The summed E-state index contributed by atoms with van der Waals surface area (Å²) < 4.78 is 21.2. The number of methoxy groups -OCH3 is 3. The minimum absolute atomic E-state index is 0.106. The van der Waals surface area contributed by atoms with Crippen molar-refractivity contribution in [1.82, 2.24) is 10.7 Å². The number of nitrogens with zero attached hydrogens (tertiary/aromatic N) is 2. The number of amides is 2. The van der Waals surface area contributed by atoms with Crippen LogP contribution in [0.1, 0.15) is 39.1 Å². The van der Waals surface area contributed by atoms with Gasteiger partial charge in [0.15, 0.2) is 11.5 Å². The van der Waals surface area contributed by atoms with Crippen LogP contribution < -0.4 is 29.7 Å². The molecule has 0 aliphatic carbocycles. The Morgan fingerprint density at radius 3 is 2.10 bits per heavy atom. The van der Waals surface area contributed by atoms with E-state index in [0.29, 0.717) is 35.0 Å². The van der Waals surface area contributed by atoms with E-state index < -0.39 is 16.8 Å². The number of non-ortho nitro benzene ring substituents is 1. The molecule has 0 saturated carbocycles. The number of nitrogens with one attached hydrogen (secondary N) is 2. The van der Waals surface area contributed by atoms with Crippen molar-refractivity contribution in [2.75, 3.05) is 27.9 Å². The second-order valence-corrected chi connectivity index (χ2v) is 8.33. The minimum Gasteiger partial charge on any atom is -0.493 e. The molecule has 0 atom stereocenters.